The molecule has 0 aliphatic heterocycles. The minimum Gasteiger partial charge on any atom is -0.493 e. The van der Waals surface area contributed by atoms with Crippen molar-refractivity contribution in [2.45, 2.75) is 19.6 Å². The smallest absolute Gasteiger partial charge is 0.272 e. The molecule has 0 fully saturated rings. The Kier molecular flexibility index (Phi) is 5.37. The Balaban J connectivity index is 1.96. The molecule has 0 spiro atoms. The topological polar surface area (TPSA) is 96.5 Å². The van der Waals surface area contributed by atoms with Gasteiger partial charge in [0, 0.05) is 6.04 Å². The van der Waals surface area contributed by atoms with Gasteiger partial charge in [-0.1, -0.05) is 12.1 Å². The third kappa shape index (κ3) is 3.98. The Morgan fingerprint density at radius 2 is 2.14 bits per heavy atom. The van der Waals surface area contributed by atoms with Crippen LogP contribution in [0.2, 0.25) is 0 Å². The number of aromatic nitrogens is 2. The minimum atomic E-state index is -0.346. The zero-order chi connectivity index (χ0) is 15.9. The Labute approximate surface area is 128 Å². The van der Waals surface area contributed by atoms with Crippen molar-refractivity contribution in [2.75, 3.05) is 13.7 Å². The van der Waals surface area contributed by atoms with Crippen LogP contribution in [-0.4, -0.2) is 41.0 Å². The van der Waals surface area contributed by atoms with Gasteiger partial charge in [-0.3, -0.25) is 9.89 Å². The summed E-state index contributed by atoms with van der Waals surface area (Å²) in [7, 11) is 1.57. The average Bonchev–Trinajstić information content (AvgIpc) is 3.02. The van der Waals surface area contributed by atoms with Crippen LogP contribution in [0, 0.1) is 0 Å². The van der Waals surface area contributed by atoms with E-state index in [0.717, 1.165) is 0 Å². The van der Waals surface area contributed by atoms with Gasteiger partial charge in [0.2, 0.25) is 0 Å². The third-order valence-corrected chi connectivity index (χ3v) is 2.97. The van der Waals surface area contributed by atoms with Crippen molar-refractivity contribution in [3.8, 4) is 11.5 Å². The lowest BCUT2D eigenvalue weighted by Crippen LogP contribution is -2.35. The lowest BCUT2D eigenvalue weighted by Gasteiger charge is -2.09. The highest BCUT2D eigenvalue weighted by atomic mass is 16.5. The third-order valence-electron chi connectivity index (χ3n) is 2.97. The number of hydrogen-bond acceptors (Lipinski definition) is 5. The highest BCUT2D eigenvalue weighted by Crippen LogP contribution is 2.26. The van der Waals surface area contributed by atoms with Crippen LogP contribution in [0.15, 0.2) is 30.3 Å². The van der Waals surface area contributed by atoms with Gasteiger partial charge in [0.05, 0.1) is 19.4 Å². The van der Waals surface area contributed by atoms with Gasteiger partial charge in [0.1, 0.15) is 12.3 Å². The quantitative estimate of drug-likeness (QED) is 0.712. The van der Waals surface area contributed by atoms with Crippen molar-refractivity contribution in [1.29, 1.82) is 0 Å². The predicted molar refractivity (Wildman–Crippen MR) is 79.9 cm³/mol. The molecule has 1 atom stereocenters. The van der Waals surface area contributed by atoms with E-state index in [1.807, 2.05) is 12.1 Å². The van der Waals surface area contributed by atoms with Gasteiger partial charge in [-0.15, -0.1) is 0 Å². The van der Waals surface area contributed by atoms with E-state index < -0.39 is 0 Å². The fourth-order valence-electron chi connectivity index (χ4n) is 1.79. The number of methoxy groups -OCH3 is 1. The molecule has 2 aromatic rings. The molecule has 0 aliphatic carbocycles. The number of benzene rings is 1. The molecule has 0 unspecified atom stereocenters. The summed E-state index contributed by atoms with van der Waals surface area (Å²) in [5, 5.41) is 18.2. The first-order valence-corrected chi connectivity index (χ1v) is 6.86. The van der Waals surface area contributed by atoms with Crippen LogP contribution in [0.3, 0.4) is 0 Å². The summed E-state index contributed by atoms with van der Waals surface area (Å²) in [6.07, 6.45) is 0. The maximum atomic E-state index is 11.8. The SMILES string of the molecule is COc1ccccc1OCc1cc(C(=O)N[C@H](C)CO)n[nH]1. The second-order valence-corrected chi connectivity index (χ2v) is 4.78. The first kappa shape index (κ1) is 15.8. The second-order valence-electron chi connectivity index (χ2n) is 4.78. The van der Waals surface area contributed by atoms with Crippen molar-refractivity contribution in [2.24, 2.45) is 0 Å². The van der Waals surface area contributed by atoms with E-state index in [1.165, 1.54) is 0 Å². The number of aromatic amines is 1. The van der Waals surface area contributed by atoms with Crippen molar-refractivity contribution >= 4 is 5.91 Å². The van der Waals surface area contributed by atoms with Gasteiger partial charge in [0.25, 0.3) is 5.91 Å². The maximum Gasteiger partial charge on any atom is 0.272 e. The summed E-state index contributed by atoms with van der Waals surface area (Å²) in [5.74, 6) is 0.901. The first-order valence-electron chi connectivity index (χ1n) is 6.86. The van der Waals surface area contributed by atoms with Crippen LogP contribution < -0.4 is 14.8 Å². The van der Waals surface area contributed by atoms with Gasteiger partial charge >= 0.3 is 0 Å². The summed E-state index contributed by atoms with van der Waals surface area (Å²) in [4.78, 5) is 11.8. The van der Waals surface area contributed by atoms with Crippen LogP contribution in [0.1, 0.15) is 23.1 Å². The van der Waals surface area contributed by atoms with Crippen LogP contribution in [0.5, 0.6) is 11.5 Å². The fourth-order valence-corrected chi connectivity index (χ4v) is 1.79. The first-order chi connectivity index (χ1) is 10.6. The number of para-hydroxylation sites is 2. The van der Waals surface area contributed by atoms with E-state index in [0.29, 0.717) is 17.2 Å². The molecule has 1 heterocycles. The second kappa shape index (κ2) is 7.46. The summed E-state index contributed by atoms with van der Waals surface area (Å²) in [5.41, 5.74) is 0.909. The van der Waals surface area contributed by atoms with E-state index in [2.05, 4.69) is 15.5 Å². The molecule has 1 aromatic carbocycles. The van der Waals surface area contributed by atoms with E-state index >= 15 is 0 Å². The molecular weight excluding hydrogens is 286 g/mol. The number of aliphatic hydroxyl groups is 1. The fraction of sp³-hybridized carbons (Fsp3) is 0.333. The number of rotatable bonds is 7. The number of aliphatic hydroxyl groups excluding tert-OH is 1. The molecule has 0 aliphatic rings. The Morgan fingerprint density at radius 1 is 1.41 bits per heavy atom. The molecule has 0 radical (unpaired) electrons. The van der Waals surface area contributed by atoms with Crippen LogP contribution >= 0.6 is 0 Å². The molecule has 118 valence electrons. The lowest BCUT2D eigenvalue weighted by atomic mass is 10.3. The number of amides is 1. The highest BCUT2D eigenvalue weighted by molar-refractivity contribution is 5.92. The van der Waals surface area contributed by atoms with E-state index in [-0.39, 0.29) is 30.9 Å². The summed E-state index contributed by atoms with van der Waals surface area (Å²) in [6.45, 7) is 1.81. The normalized spacial score (nSPS) is 11.8. The Hall–Kier alpha value is -2.54. The lowest BCUT2D eigenvalue weighted by molar-refractivity contribution is 0.0917. The molecule has 7 heteroatoms. The van der Waals surface area contributed by atoms with Crippen LogP contribution in [-0.2, 0) is 6.61 Å². The minimum absolute atomic E-state index is 0.125. The molecule has 22 heavy (non-hydrogen) atoms. The molecular formula is C15H19N3O4. The monoisotopic (exact) mass is 305 g/mol. The summed E-state index contributed by atoms with van der Waals surface area (Å²) in [6, 6.07) is 8.59. The molecule has 2 rings (SSSR count). The molecule has 3 N–H and O–H groups in total. The van der Waals surface area contributed by atoms with E-state index in [9.17, 15) is 4.79 Å². The molecule has 1 amide bonds. The molecule has 1 aromatic heterocycles. The van der Waals surface area contributed by atoms with Gasteiger partial charge < -0.3 is 19.9 Å². The largest absolute Gasteiger partial charge is 0.493 e. The number of carbonyl (C=O) groups is 1. The van der Waals surface area contributed by atoms with Crippen molar-refractivity contribution in [3.63, 3.8) is 0 Å². The molecule has 0 saturated heterocycles. The van der Waals surface area contributed by atoms with Crippen molar-refractivity contribution < 1.29 is 19.4 Å². The summed E-state index contributed by atoms with van der Waals surface area (Å²) >= 11 is 0. The molecule has 0 bridgehead atoms. The van der Waals surface area contributed by atoms with Gasteiger partial charge in [-0.05, 0) is 25.1 Å². The highest BCUT2D eigenvalue weighted by Gasteiger charge is 2.13. The Bertz CT molecular complexity index is 627. The number of carbonyl (C=O) groups excluding carboxylic acids is 1. The average molecular weight is 305 g/mol. The molecule has 7 nitrogen and oxygen atoms in total. The van der Waals surface area contributed by atoms with Gasteiger partial charge in [0.15, 0.2) is 11.5 Å². The van der Waals surface area contributed by atoms with Crippen molar-refractivity contribution in [1.82, 2.24) is 15.5 Å². The van der Waals surface area contributed by atoms with Gasteiger partial charge in [-0.25, -0.2) is 0 Å². The van der Waals surface area contributed by atoms with E-state index in [1.54, 1.807) is 32.2 Å². The predicted octanol–water partition coefficient (Wildman–Crippen LogP) is 1.11. The standard InChI is InChI=1S/C15H19N3O4/c1-10(8-19)16-15(20)12-7-11(17-18-12)9-22-14-6-4-3-5-13(14)21-2/h3-7,10,19H,8-9H2,1-2H3,(H,16,20)(H,17,18)/t10-/m1/s1. The van der Waals surface area contributed by atoms with Crippen LogP contribution in [0.4, 0.5) is 0 Å². The summed E-state index contributed by atoms with van der Waals surface area (Å²) < 4.78 is 10.8. The zero-order valence-corrected chi connectivity index (χ0v) is 12.5. The van der Waals surface area contributed by atoms with E-state index in [4.69, 9.17) is 14.6 Å². The van der Waals surface area contributed by atoms with Crippen LogP contribution in [0.25, 0.3) is 0 Å². The maximum absolute atomic E-state index is 11.8. The number of ether oxygens (including phenoxy) is 2. The number of nitrogens with one attached hydrogen (secondary N) is 2. The van der Waals surface area contributed by atoms with Gasteiger partial charge in [-0.2, -0.15) is 5.10 Å². The Morgan fingerprint density at radius 3 is 2.82 bits per heavy atom. The number of H-pyrrole nitrogens is 1. The molecule has 0 saturated carbocycles. The van der Waals surface area contributed by atoms with Crippen molar-refractivity contribution in [3.05, 3.63) is 41.7 Å². The number of hydrogen-bond donors (Lipinski definition) is 3. The number of nitrogens with zero attached hydrogens (tertiary/aromatic N) is 1. The zero-order valence-electron chi connectivity index (χ0n) is 12.5.